The lowest BCUT2D eigenvalue weighted by molar-refractivity contribution is -0.0137. The van der Waals surface area contributed by atoms with Gasteiger partial charge in [0.05, 0.1) is 31.3 Å². The van der Waals surface area contributed by atoms with Crippen molar-refractivity contribution in [2.45, 2.75) is 57.0 Å². The van der Waals surface area contributed by atoms with Gasteiger partial charge in [-0.3, -0.25) is 19.0 Å². The molecule has 1 aromatic heterocycles. The Morgan fingerprint density at radius 2 is 2.06 bits per heavy atom. The molecule has 8 rings (SSSR count). The van der Waals surface area contributed by atoms with Gasteiger partial charge in [-0.15, -0.1) is 9.46 Å². The van der Waals surface area contributed by atoms with Crippen LogP contribution in [0.3, 0.4) is 0 Å². The number of anilines is 1. The fraction of sp³-hybridized carbons (Fsp3) is 0.500. The Morgan fingerprint density at radius 1 is 1.22 bits per heavy atom. The standard InChI is InChI=1S/C38H44ClN5O6S/c1-37-14-12-25(17-37)33(45)28-9-6-26(28)18-44-20-38(13-4-5-23-15-27(39)8-10-30(23)38)21-50-32-11-7-24(16-31(32)44)34(46)41-51(48,22-37)42-35(47)29-19-43(2)40-36(29)49-3/h7-8,10-12,14-16,19,25-26,28,33,45H,4-6,9,13,17-18,20-22H2,1-3H3,(H,41,42,46,47,48)/t25-,26-,28+,33-,37-,38-,51-/m0/s1. The van der Waals surface area contributed by atoms with Gasteiger partial charge in [0.1, 0.15) is 21.2 Å². The first-order valence-electron chi connectivity index (χ1n) is 17.7. The summed E-state index contributed by atoms with van der Waals surface area (Å²) >= 11 is 6.45. The summed E-state index contributed by atoms with van der Waals surface area (Å²) in [6, 6.07) is 11.4. The third kappa shape index (κ3) is 6.23. The van der Waals surface area contributed by atoms with Crippen molar-refractivity contribution in [3.63, 3.8) is 0 Å². The van der Waals surface area contributed by atoms with Crippen LogP contribution in [0.15, 0.2) is 59.1 Å². The third-order valence-corrected chi connectivity index (χ3v) is 14.0. The first-order valence-corrected chi connectivity index (χ1v) is 19.8. The van der Waals surface area contributed by atoms with E-state index in [1.807, 2.05) is 25.1 Å². The Morgan fingerprint density at radius 3 is 2.84 bits per heavy atom. The lowest BCUT2D eigenvalue weighted by atomic mass is 9.66. The zero-order valence-electron chi connectivity index (χ0n) is 29.1. The molecule has 13 heteroatoms. The van der Waals surface area contributed by atoms with Crippen LogP contribution >= 0.6 is 11.6 Å². The fourth-order valence-corrected chi connectivity index (χ4v) is 11.4. The molecule has 11 nitrogen and oxygen atoms in total. The van der Waals surface area contributed by atoms with Gasteiger partial charge in [0.2, 0.25) is 5.88 Å². The number of ether oxygens (including phenoxy) is 2. The number of fused-ring (bicyclic) bond motifs is 6. The summed E-state index contributed by atoms with van der Waals surface area (Å²) in [6.45, 7) is 3.78. The average molecular weight is 734 g/mol. The van der Waals surface area contributed by atoms with Crippen molar-refractivity contribution < 1.29 is 28.4 Å². The lowest BCUT2D eigenvalue weighted by Crippen LogP contribution is -2.50. The second kappa shape index (κ2) is 12.7. The van der Waals surface area contributed by atoms with Crippen molar-refractivity contribution in [2.75, 3.05) is 37.5 Å². The van der Waals surface area contributed by atoms with Crippen LogP contribution in [-0.4, -0.2) is 69.6 Å². The van der Waals surface area contributed by atoms with Gasteiger partial charge in [-0.05, 0) is 91.8 Å². The maximum Gasteiger partial charge on any atom is 0.286 e. The van der Waals surface area contributed by atoms with Crippen LogP contribution in [0.5, 0.6) is 11.6 Å². The lowest BCUT2D eigenvalue weighted by Gasteiger charge is -2.46. The van der Waals surface area contributed by atoms with Gasteiger partial charge >= 0.3 is 0 Å². The molecule has 1 fully saturated rings. The Bertz CT molecular complexity index is 2070. The summed E-state index contributed by atoms with van der Waals surface area (Å²) in [5.74, 6) is -0.618. The van der Waals surface area contributed by atoms with Crippen LogP contribution in [0.2, 0.25) is 5.02 Å². The van der Waals surface area contributed by atoms with E-state index >= 15 is 0 Å². The maximum absolute atomic E-state index is 14.8. The summed E-state index contributed by atoms with van der Waals surface area (Å²) in [7, 11) is -0.652. The van der Waals surface area contributed by atoms with Crippen LogP contribution in [0.4, 0.5) is 5.69 Å². The highest BCUT2D eigenvalue weighted by Gasteiger charge is 2.47. The molecule has 2 N–H and O–H groups in total. The normalized spacial score (nSPS) is 32.6. The monoisotopic (exact) mass is 733 g/mol. The minimum Gasteiger partial charge on any atom is -0.490 e. The Hall–Kier alpha value is -3.87. The number of rotatable bonds is 3. The van der Waals surface area contributed by atoms with Crippen molar-refractivity contribution in [1.82, 2.24) is 14.5 Å². The summed E-state index contributed by atoms with van der Waals surface area (Å²) in [6.07, 6.45) is 10.2. The van der Waals surface area contributed by atoms with E-state index in [0.717, 1.165) is 42.8 Å². The van der Waals surface area contributed by atoms with Crippen LogP contribution in [0.25, 0.3) is 0 Å². The molecule has 0 saturated heterocycles. The molecule has 5 aliphatic rings. The smallest absolute Gasteiger partial charge is 0.286 e. The molecule has 3 aromatic rings. The molecule has 7 atom stereocenters. The molecule has 4 bridgehead atoms. The molecule has 2 amide bonds. The molecule has 270 valence electrons. The van der Waals surface area contributed by atoms with Crippen molar-refractivity contribution in [1.29, 1.82) is 0 Å². The zero-order chi connectivity index (χ0) is 35.7. The van der Waals surface area contributed by atoms with Crippen molar-refractivity contribution >= 4 is 39.0 Å². The van der Waals surface area contributed by atoms with E-state index in [4.69, 9.17) is 21.1 Å². The maximum atomic E-state index is 14.8. The number of aromatic nitrogens is 2. The molecular weight excluding hydrogens is 690 g/mol. The first kappa shape index (κ1) is 34.2. The largest absolute Gasteiger partial charge is 0.490 e. The number of allylic oxidation sites excluding steroid dienone is 1. The Labute approximate surface area is 303 Å². The van der Waals surface area contributed by atoms with Crippen molar-refractivity contribution in [3.8, 4) is 11.6 Å². The van der Waals surface area contributed by atoms with E-state index < -0.39 is 33.2 Å². The number of hydrogen-bond donors (Lipinski definition) is 2. The van der Waals surface area contributed by atoms with E-state index in [1.165, 1.54) is 29.1 Å². The number of nitrogens with one attached hydrogen (secondary N) is 1. The number of aliphatic hydroxyl groups is 1. The van der Waals surface area contributed by atoms with Crippen LogP contribution in [0.1, 0.15) is 70.9 Å². The predicted octanol–water partition coefficient (Wildman–Crippen LogP) is 5.49. The number of amides is 2. The van der Waals surface area contributed by atoms with Crippen LogP contribution < -0.4 is 19.1 Å². The molecule has 2 aromatic carbocycles. The van der Waals surface area contributed by atoms with Gasteiger partial charge in [0, 0.05) is 53.7 Å². The highest BCUT2D eigenvalue weighted by atomic mass is 35.5. The van der Waals surface area contributed by atoms with Crippen molar-refractivity contribution in [2.24, 2.45) is 34.6 Å². The first-order chi connectivity index (χ1) is 24.4. The summed E-state index contributed by atoms with van der Waals surface area (Å²) < 4.78 is 35.1. The SMILES string of the molecule is COc1nn(C)cc1C(=O)N[S@@]1(=O)=NC(=O)c2ccc3c(c2)N(C[C@@H]2CC[C@H]2[C@@H](O)[C@H]2C=C[C@@](C)(C2)C1)C[C@@]1(CCCc2cc(Cl)ccc21)CO3. The molecule has 51 heavy (non-hydrogen) atoms. The minimum absolute atomic E-state index is 0.0685. The number of hydrogen-bond acceptors (Lipinski definition) is 8. The highest BCUT2D eigenvalue weighted by Crippen LogP contribution is 2.49. The molecule has 2 aliphatic heterocycles. The minimum atomic E-state index is -3.70. The topological polar surface area (TPSA) is 135 Å². The second-order valence-corrected chi connectivity index (χ2v) is 17.9. The molecule has 3 heterocycles. The van der Waals surface area contributed by atoms with E-state index in [2.05, 4.69) is 31.2 Å². The fourth-order valence-electron chi connectivity index (χ4n) is 9.19. The van der Waals surface area contributed by atoms with E-state index in [1.54, 1.807) is 25.2 Å². The second-order valence-electron chi connectivity index (χ2n) is 15.5. The average Bonchev–Trinajstić information content (AvgIpc) is 3.61. The van der Waals surface area contributed by atoms with Gasteiger partial charge in [-0.1, -0.05) is 36.7 Å². The Kier molecular flexibility index (Phi) is 8.50. The van der Waals surface area contributed by atoms with Crippen LogP contribution in [0, 0.1) is 23.2 Å². The zero-order valence-corrected chi connectivity index (χ0v) is 30.7. The number of nitrogens with zero attached hydrogens (tertiary/aromatic N) is 4. The number of carbonyl (C=O) groups is 2. The third-order valence-electron chi connectivity index (χ3n) is 11.8. The number of carbonyl (C=O) groups excluding carboxylic acids is 2. The van der Waals surface area contributed by atoms with E-state index in [-0.39, 0.29) is 45.9 Å². The van der Waals surface area contributed by atoms with Gasteiger partial charge < -0.3 is 19.5 Å². The van der Waals surface area contributed by atoms with Gasteiger partial charge in [-0.25, -0.2) is 4.21 Å². The summed E-state index contributed by atoms with van der Waals surface area (Å²) in [4.78, 5) is 30.0. The quantitative estimate of drug-likeness (QED) is 0.338. The molecule has 1 saturated carbocycles. The van der Waals surface area contributed by atoms with Gasteiger partial charge in [0.25, 0.3) is 11.8 Å². The Balaban J connectivity index is 1.22. The molecule has 0 unspecified atom stereocenters. The molecule has 3 aliphatic carbocycles. The number of aryl methyl sites for hydroxylation is 2. The highest BCUT2D eigenvalue weighted by molar-refractivity contribution is 7.92. The van der Waals surface area contributed by atoms with Crippen LogP contribution in [-0.2, 0) is 28.8 Å². The number of aliphatic hydroxyl groups excluding tert-OH is 1. The van der Waals surface area contributed by atoms with Gasteiger partial charge in [-0.2, -0.15) is 0 Å². The summed E-state index contributed by atoms with van der Waals surface area (Å²) in [5.41, 5.74) is 2.59. The predicted molar refractivity (Wildman–Crippen MR) is 195 cm³/mol. The van der Waals surface area contributed by atoms with E-state index in [9.17, 15) is 18.9 Å². The van der Waals surface area contributed by atoms with E-state index in [0.29, 0.717) is 31.9 Å². The molecule has 1 spiro atoms. The molecular formula is C38H44ClN5O6S. The van der Waals surface area contributed by atoms with Crippen molar-refractivity contribution in [3.05, 3.63) is 82.0 Å². The molecule has 0 radical (unpaired) electrons. The number of methoxy groups -OCH3 is 1. The summed E-state index contributed by atoms with van der Waals surface area (Å²) in [5, 5.41) is 16.7. The number of benzene rings is 2. The number of halogens is 1. The van der Waals surface area contributed by atoms with Gasteiger partial charge in [0.15, 0.2) is 0 Å².